The lowest BCUT2D eigenvalue weighted by atomic mass is 10.3. The maximum absolute atomic E-state index is 12.3. The van der Waals surface area contributed by atoms with E-state index in [1.807, 2.05) is 0 Å². The van der Waals surface area contributed by atoms with Crippen molar-refractivity contribution >= 4 is 54.8 Å². The maximum atomic E-state index is 12.3. The van der Waals surface area contributed by atoms with Crippen molar-refractivity contribution in [3.8, 4) is 0 Å². The Kier molecular flexibility index (Phi) is 4.59. The molecule has 1 aromatic heterocycles. The first kappa shape index (κ1) is 15.6. The van der Waals surface area contributed by atoms with Crippen LogP contribution in [0.2, 0.25) is 10.2 Å². The highest BCUT2D eigenvalue weighted by atomic mass is 79.9. The fraction of sp³-hybridized carbons (Fsp3) is 0.0833. The van der Waals surface area contributed by atoms with E-state index >= 15 is 0 Å². The van der Waals surface area contributed by atoms with Crippen molar-refractivity contribution in [1.82, 2.24) is 4.98 Å². The number of nitrogens with one attached hydrogen (secondary N) is 1. The highest BCUT2D eigenvalue weighted by Crippen LogP contribution is 2.27. The number of halogens is 3. The summed E-state index contributed by atoms with van der Waals surface area (Å²) in [4.78, 5) is 3.89. The second-order valence-electron chi connectivity index (χ2n) is 4.01. The summed E-state index contributed by atoms with van der Waals surface area (Å²) < 4.78 is 27.6. The SMILES string of the molecule is Cc1cc(NS(=O)(=O)c2ccc(Br)cc2Cl)cnc1Cl. The van der Waals surface area contributed by atoms with E-state index in [0.29, 0.717) is 20.9 Å². The minimum absolute atomic E-state index is 0.00466. The molecule has 0 aliphatic heterocycles. The maximum Gasteiger partial charge on any atom is 0.263 e. The number of sulfonamides is 1. The number of nitrogens with zero attached hydrogens (tertiary/aromatic N) is 1. The zero-order chi connectivity index (χ0) is 14.9. The Morgan fingerprint density at radius 1 is 1.25 bits per heavy atom. The number of anilines is 1. The van der Waals surface area contributed by atoms with Crippen LogP contribution in [0.4, 0.5) is 5.69 Å². The van der Waals surface area contributed by atoms with Gasteiger partial charge in [-0.25, -0.2) is 13.4 Å². The van der Waals surface area contributed by atoms with Crippen LogP contribution in [0.15, 0.2) is 39.8 Å². The van der Waals surface area contributed by atoms with Gasteiger partial charge in [0, 0.05) is 4.47 Å². The predicted octanol–water partition coefficient (Wildman–Crippen LogP) is 4.26. The molecule has 1 aromatic carbocycles. The van der Waals surface area contributed by atoms with Gasteiger partial charge in [-0.05, 0) is 36.8 Å². The Morgan fingerprint density at radius 3 is 2.55 bits per heavy atom. The molecule has 0 saturated heterocycles. The molecule has 2 rings (SSSR count). The molecular formula is C12H9BrCl2N2O2S. The van der Waals surface area contributed by atoms with Gasteiger partial charge in [-0.1, -0.05) is 39.1 Å². The Hall–Kier alpha value is -0.820. The van der Waals surface area contributed by atoms with E-state index in [1.54, 1.807) is 19.1 Å². The Morgan fingerprint density at radius 2 is 1.95 bits per heavy atom. The molecule has 0 bridgehead atoms. The van der Waals surface area contributed by atoms with Gasteiger partial charge < -0.3 is 0 Å². The van der Waals surface area contributed by atoms with Gasteiger partial charge in [-0.3, -0.25) is 4.72 Å². The number of aromatic nitrogens is 1. The molecule has 0 aliphatic carbocycles. The van der Waals surface area contributed by atoms with Gasteiger partial charge in [-0.2, -0.15) is 0 Å². The molecule has 2 aromatic rings. The second kappa shape index (κ2) is 5.89. The fourth-order valence-electron chi connectivity index (χ4n) is 1.52. The Labute approximate surface area is 135 Å². The highest BCUT2D eigenvalue weighted by molar-refractivity contribution is 9.10. The van der Waals surface area contributed by atoms with Gasteiger partial charge in [0.2, 0.25) is 0 Å². The first-order chi connectivity index (χ1) is 9.29. The zero-order valence-corrected chi connectivity index (χ0v) is 14.1. The van der Waals surface area contributed by atoms with Gasteiger partial charge in [0.05, 0.1) is 16.9 Å². The Bertz CT molecular complexity index is 766. The molecule has 0 fully saturated rings. The molecule has 8 heteroatoms. The van der Waals surface area contributed by atoms with Crippen molar-refractivity contribution in [2.45, 2.75) is 11.8 Å². The molecule has 4 nitrogen and oxygen atoms in total. The summed E-state index contributed by atoms with van der Waals surface area (Å²) in [6, 6.07) is 6.14. The molecule has 106 valence electrons. The van der Waals surface area contributed by atoms with Gasteiger partial charge in [-0.15, -0.1) is 0 Å². The molecule has 0 radical (unpaired) electrons. The van der Waals surface area contributed by atoms with E-state index in [-0.39, 0.29) is 9.92 Å². The minimum Gasteiger partial charge on any atom is -0.278 e. The van der Waals surface area contributed by atoms with E-state index in [4.69, 9.17) is 23.2 Å². The van der Waals surface area contributed by atoms with Crippen LogP contribution >= 0.6 is 39.1 Å². The third-order valence-corrected chi connectivity index (χ3v) is 5.20. The summed E-state index contributed by atoms with van der Waals surface area (Å²) in [6.07, 6.45) is 1.35. The van der Waals surface area contributed by atoms with Crippen LogP contribution in [0, 0.1) is 6.92 Å². The third kappa shape index (κ3) is 3.44. The lowest BCUT2D eigenvalue weighted by Crippen LogP contribution is -2.13. The summed E-state index contributed by atoms with van der Waals surface area (Å²) >= 11 is 15.0. The van der Waals surface area contributed by atoms with Crippen molar-refractivity contribution in [1.29, 1.82) is 0 Å². The minimum atomic E-state index is -3.78. The molecule has 0 aliphatic rings. The summed E-state index contributed by atoms with van der Waals surface area (Å²) in [5, 5.41) is 0.458. The first-order valence-electron chi connectivity index (χ1n) is 5.39. The van der Waals surface area contributed by atoms with Crippen LogP contribution in [0.1, 0.15) is 5.56 Å². The lowest BCUT2D eigenvalue weighted by Gasteiger charge is -2.10. The van der Waals surface area contributed by atoms with Crippen molar-refractivity contribution in [2.24, 2.45) is 0 Å². The average molecular weight is 396 g/mol. The number of hydrogen-bond donors (Lipinski definition) is 1. The highest BCUT2D eigenvalue weighted by Gasteiger charge is 2.18. The van der Waals surface area contributed by atoms with Crippen LogP contribution in [0.25, 0.3) is 0 Å². The molecular weight excluding hydrogens is 387 g/mol. The quantitative estimate of drug-likeness (QED) is 0.789. The summed E-state index contributed by atoms with van der Waals surface area (Å²) in [6.45, 7) is 1.74. The zero-order valence-electron chi connectivity index (χ0n) is 10.2. The second-order valence-corrected chi connectivity index (χ2v) is 7.34. The van der Waals surface area contributed by atoms with E-state index in [2.05, 4.69) is 25.6 Å². The van der Waals surface area contributed by atoms with Gasteiger partial charge in [0.1, 0.15) is 10.0 Å². The smallest absolute Gasteiger partial charge is 0.263 e. The van der Waals surface area contributed by atoms with Crippen LogP contribution in [-0.2, 0) is 10.0 Å². The van der Waals surface area contributed by atoms with Crippen LogP contribution in [0.3, 0.4) is 0 Å². The summed E-state index contributed by atoms with van der Waals surface area (Å²) in [7, 11) is -3.78. The van der Waals surface area contributed by atoms with Crippen molar-refractivity contribution in [3.63, 3.8) is 0 Å². The molecule has 0 atom stereocenters. The van der Waals surface area contributed by atoms with E-state index < -0.39 is 10.0 Å². The topological polar surface area (TPSA) is 59.1 Å². The van der Waals surface area contributed by atoms with Crippen molar-refractivity contribution in [3.05, 3.63) is 50.7 Å². The van der Waals surface area contributed by atoms with Crippen LogP contribution in [0.5, 0.6) is 0 Å². The molecule has 0 spiro atoms. The number of rotatable bonds is 3. The number of pyridine rings is 1. The number of hydrogen-bond acceptors (Lipinski definition) is 3. The fourth-order valence-corrected chi connectivity index (χ4v) is 3.69. The Balaban J connectivity index is 2.38. The first-order valence-corrected chi connectivity index (χ1v) is 8.43. The predicted molar refractivity (Wildman–Crippen MR) is 83.9 cm³/mol. The normalized spacial score (nSPS) is 11.4. The van der Waals surface area contributed by atoms with E-state index in [0.717, 1.165) is 0 Å². The molecule has 0 saturated carbocycles. The molecule has 0 amide bonds. The standard InChI is InChI=1S/C12H9BrCl2N2O2S/c1-7-4-9(6-16-12(7)15)17-20(18,19)11-3-2-8(13)5-10(11)14/h2-6,17H,1H3. The van der Waals surface area contributed by atoms with Gasteiger partial charge in [0.25, 0.3) is 10.0 Å². The summed E-state index contributed by atoms with van der Waals surface area (Å²) in [5.41, 5.74) is 1.000. The molecule has 1 heterocycles. The molecule has 1 N–H and O–H groups in total. The number of benzene rings is 1. The molecule has 20 heavy (non-hydrogen) atoms. The van der Waals surface area contributed by atoms with Gasteiger partial charge >= 0.3 is 0 Å². The average Bonchev–Trinajstić information content (AvgIpc) is 2.33. The van der Waals surface area contributed by atoms with E-state index in [9.17, 15) is 8.42 Å². The van der Waals surface area contributed by atoms with Crippen LogP contribution < -0.4 is 4.72 Å². The van der Waals surface area contributed by atoms with Crippen LogP contribution in [-0.4, -0.2) is 13.4 Å². The lowest BCUT2D eigenvalue weighted by molar-refractivity contribution is 0.601. The van der Waals surface area contributed by atoms with Crippen molar-refractivity contribution in [2.75, 3.05) is 4.72 Å². The van der Waals surface area contributed by atoms with Gasteiger partial charge in [0.15, 0.2) is 0 Å². The number of aryl methyl sites for hydroxylation is 1. The monoisotopic (exact) mass is 394 g/mol. The largest absolute Gasteiger partial charge is 0.278 e. The molecule has 0 unspecified atom stereocenters. The van der Waals surface area contributed by atoms with Crippen molar-refractivity contribution < 1.29 is 8.42 Å². The summed E-state index contributed by atoms with van der Waals surface area (Å²) in [5.74, 6) is 0. The van der Waals surface area contributed by atoms with E-state index in [1.165, 1.54) is 18.3 Å². The third-order valence-electron chi connectivity index (χ3n) is 2.45.